The molecule has 0 aliphatic rings. The Morgan fingerprint density at radius 3 is 2.48 bits per heavy atom. The second-order valence-electron chi connectivity index (χ2n) is 7.03. The molecule has 0 aliphatic heterocycles. The molecule has 0 atom stereocenters. The molecule has 1 N–H and O–H groups in total. The molecular formula is C25H23N3O3. The number of hydrogen-bond acceptors (Lipinski definition) is 5. The van der Waals surface area contributed by atoms with Crippen LogP contribution in [0.3, 0.4) is 0 Å². The SMILES string of the molecule is CCOC(=O)Cn1c(=O)c(-c2ccccc2NCc2ccccc2)nc2ccccc21. The Morgan fingerprint density at radius 1 is 0.968 bits per heavy atom. The maximum Gasteiger partial charge on any atom is 0.326 e. The van der Waals surface area contributed by atoms with Crippen molar-refractivity contribution in [3.63, 3.8) is 0 Å². The Kier molecular flexibility index (Phi) is 6.08. The van der Waals surface area contributed by atoms with E-state index < -0.39 is 5.97 Å². The van der Waals surface area contributed by atoms with Gasteiger partial charge in [0.05, 0.1) is 17.6 Å². The second kappa shape index (κ2) is 9.26. The lowest BCUT2D eigenvalue weighted by atomic mass is 10.1. The lowest BCUT2D eigenvalue weighted by molar-refractivity contribution is -0.143. The van der Waals surface area contributed by atoms with Crippen molar-refractivity contribution in [3.8, 4) is 11.3 Å². The van der Waals surface area contributed by atoms with Gasteiger partial charge in [0.25, 0.3) is 5.56 Å². The molecule has 4 aromatic rings. The minimum Gasteiger partial charge on any atom is -0.465 e. The van der Waals surface area contributed by atoms with Crippen LogP contribution in [-0.4, -0.2) is 22.1 Å². The number of para-hydroxylation sites is 3. The average molecular weight is 413 g/mol. The van der Waals surface area contributed by atoms with E-state index in [-0.39, 0.29) is 18.7 Å². The molecule has 0 radical (unpaired) electrons. The molecule has 4 rings (SSSR count). The number of carbonyl (C=O) groups excluding carboxylic acids is 1. The Balaban J connectivity index is 1.79. The normalized spacial score (nSPS) is 10.7. The van der Waals surface area contributed by atoms with E-state index in [1.165, 1.54) is 4.57 Å². The molecule has 0 spiro atoms. The number of nitrogens with one attached hydrogen (secondary N) is 1. The zero-order chi connectivity index (χ0) is 21.6. The molecule has 3 aromatic carbocycles. The van der Waals surface area contributed by atoms with E-state index in [2.05, 4.69) is 10.3 Å². The van der Waals surface area contributed by atoms with Gasteiger partial charge in [-0.15, -0.1) is 0 Å². The standard InChI is InChI=1S/C25H23N3O3/c1-2-31-23(29)17-28-22-15-9-8-14-21(22)27-24(25(28)30)19-12-6-7-13-20(19)26-16-18-10-4-3-5-11-18/h3-15,26H,2,16-17H2,1H3. The van der Waals surface area contributed by atoms with E-state index in [1.807, 2.05) is 72.8 Å². The number of anilines is 1. The summed E-state index contributed by atoms with van der Waals surface area (Å²) in [6.45, 7) is 2.45. The van der Waals surface area contributed by atoms with E-state index in [1.54, 1.807) is 13.0 Å². The maximum atomic E-state index is 13.4. The fourth-order valence-electron chi connectivity index (χ4n) is 3.50. The largest absolute Gasteiger partial charge is 0.465 e. The van der Waals surface area contributed by atoms with Crippen LogP contribution in [0.5, 0.6) is 0 Å². The van der Waals surface area contributed by atoms with Gasteiger partial charge < -0.3 is 10.1 Å². The van der Waals surface area contributed by atoms with Gasteiger partial charge in [-0.2, -0.15) is 0 Å². The predicted molar refractivity (Wildman–Crippen MR) is 122 cm³/mol. The van der Waals surface area contributed by atoms with Crippen LogP contribution < -0.4 is 10.9 Å². The van der Waals surface area contributed by atoms with Gasteiger partial charge in [0.15, 0.2) is 0 Å². The van der Waals surface area contributed by atoms with E-state index in [9.17, 15) is 9.59 Å². The van der Waals surface area contributed by atoms with Gasteiger partial charge in [0, 0.05) is 17.8 Å². The van der Waals surface area contributed by atoms with Crippen LogP contribution in [0.1, 0.15) is 12.5 Å². The first kappa shape index (κ1) is 20.3. The molecule has 0 saturated heterocycles. The van der Waals surface area contributed by atoms with Crippen LogP contribution in [0, 0.1) is 0 Å². The zero-order valence-corrected chi connectivity index (χ0v) is 17.2. The number of nitrogens with zero attached hydrogens (tertiary/aromatic N) is 2. The third kappa shape index (κ3) is 4.48. The van der Waals surface area contributed by atoms with Crippen LogP contribution in [-0.2, 0) is 22.6 Å². The highest BCUT2D eigenvalue weighted by atomic mass is 16.5. The van der Waals surface area contributed by atoms with Gasteiger partial charge in [0.2, 0.25) is 0 Å². The number of ether oxygens (including phenoxy) is 1. The van der Waals surface area contributed by atoms with Gasteiger partial charge in [-0.1, -0.05) is 60.7 Å². The third-order valence-electron chi connectivity index (χ3n) is 4.95. The topological polar surface area (TPSA) is 73.2 Å². The van der Waals surface area contributed by atoms with Crippen molar-refractivity contribution in [1.82, 2.24) is 9.55 Å². The van der Waals surface area contributed by atoms with Gasteiger partial charge in [0.1, 0.15) is 12.2 Å². The number of benzene rings is 3. The average Bonchev–Trinajstić information content (AvgIpc) is 2.80. The number of rotatable bonds is 7. The van der Waals surface area contributed by atoms with Crippen molar-refractivity contribution in [1.29, 1.82) is 0 Å². The first-order valence-electron chi connectivity index (χ1n) is 10.2. The monoisotopic (exact) mass is 413 g/mol. The molecule has 1 heterocycles. The maximum absolute atomic E-state index is 13.4. The Morgan fingerprint density at radius 2 is 1.68 bits per heavy atom. The molecule has 0 bridgehead atoms. The molecular weight excluding hydrogens is 390 g/mol. The van der Waals surface area contributed by atoms with Gasteiger partial charge >= 0.3 is 5.97 Å². The lowest BCUT2D eigenvalue weighted by Crippen LogP contribution is -2.28. The molecule has 0 aliphatic carbocycles. The smallest absolute Gasteiger partial charge is 0.326 e. The van der Waals surface area contributed by atoms with Crippen molar-refractivity contribution in [2.24, 2.45) is 0 Å². The molecule has 156 valence electrons. The van der Waals surface area contributed by atoms with E-state index in [4.69, 9.17) is 4.74 Å². The summed E-state index contributed by atoms with van der Waals surface area (Å²) in [6.07, 6.45) is 0. The van der Waals surface area contributed by atoms with E-state index >= 15 is 0 Å². The summed E-state index contributed by atoms with van der Waals surface area (Å²) in [5.74, 6) is -0.456. The van der Waals surface area contributed by atoms with Gasteiger partial charge in [-0.25, -0.2) is 4.98 Å². The Labute approximate surface area is 180 Å². The van der Waals surface area contributed by atoms with Crippen LogP contribution >= 0.6 is 0 Å². The second-order valence-corrected chi connectivity index (χ2v) is 7.03. The van der Waals surface area contributed by atoms with Gasteiger partial charge in [-0.3, -0.25) is 14.2 Å². The lowest BCUT2D eigenvalue weighted by Gasteiger charge is -2.15. The Bertz CT molecular complexity index is 1270. The van der Waals surface area contributed by atoms with Crippen molar-refractivity contribution in [2.75, 3.05) is 11.9 Å². The first-order chi connectivity index (χ1) is 15.2. The minimum atomic E-state index is -0.456. The number of aromatic nitrogens is 2. The molecule has 0 amide bonds. The fraction of sp³-hybridized carbons (Fsp3) is 0.160. The number of esters is 1. The first-order valence-corrected chi connectivity index (χ1v) is 10.2. The van der Waals surface area contributed by atoms with Gasteiger partial charge in [-0.05, 0) is 30.7 Å². The summed E-state index contributed by atoms with van der Waals surface area (Å²) in [4.78, 5) is 30.2. The third-order valence-corrected chi connectivity index (χ3v) is 4.95. The molecule has 6 nitrogen and oxygen atoms in total. The summed E-state index contributed by atoms with van der Waals surface area (Å²) in [5, 5.41) is 3.40. The van der Waals surface area contributed by atoms with E-state index in [0.29, 0.717) is 28.8 Å². The van der Waals surface area contributed by atoms with Crippen molar-refractivity contribution in [3.05, 3.63) is 94.8 Å². The molecule has 0 unspecified atom stereocenters. The molecule has 1 aromatic heterocycles. The molecule has 6 heteroatoms. The summed E-state index contributed by atoms with van der Waals surface area (Å²) < 4.78 is 6.51. The Hall–Kier alpha value is -3.93. The number of fused-ring (bicyclic) bond motifs is 1. The van der Waals surface area contributed by atoms with Crippen LogP contribution in [0.25, 0.3) is 22.3 Å². The molecule has 0 fully saturated rings. The zero-order valence-electron chi connectivity index (χ0n) is 17.2. The van der Waals surface area contributed by atoms with Crippen molar-refractivity contribution >= 4 is 22.7 Å². The highest BCUT2D eigenvalue weighted by molar-refractivity contribution is 5.83. The summed E-state index contributed by atoms with van der Waals surface area (Å²) in [6, 6.07) is 24.9. The fourth-order valence-corrected chi connectivity index (χ4v) is 3.50. The van der Waals surface area contributed by atoms with Crippen molar-refractivity contribution < 1.29 is 9.53 Å². The predicted octanol–water partition coefficient (Wildman–Crippen LogP) is 4.24. The summed E-state index contributed by atoms with van der Waals surface area (Å²) >= 11 is 0. The number of hydrogen-bond donors (Lipinski definition) is 1. The summed E-state index contributed by atoms with van der Waals surface area (Å²) in [7, 11) is 0. The highest BCUT2D eigenvalue weighted by Crippen LogP contribution is 2.26. The highest BCUT2D eigenvalue weighted by Gasteiger charge is 2.17. The quantitative estimate of drug-likeness (QED) is 0.459. The molecule has 31 heavy (non-hydrogen) atoms. The molecule has 0 saturated carbocycles. The van der Waals surface area contributed by atoms with Crippen molar-refractivity contribution in [2.45, 2.75) is 20.0 Å². The van der Waals surface area contributed by atoms with E-state index in [0.717, 1.165) is 11.3 Å². The number of carbonyl (C=O) groups is 1. The van der Waals surface area contributed by atoms with Crippen LogP contribution in [0.2, 0.25) is 0 Å². The minimum absolute atomic E-state index is 0.164. The van der Waals surface area contributed by atoms with Crippen LogP contribution in [0.4, 0.5) is 5.69 Å². The summed E-state index contributed by atoms with van der Waals surface area (Å²) in [5.41, 5.74) is 3.81. The van der Waals surface area contributed by atoms with Crippen LogP contribution in [0.15, 0.2) is 83.7 Å².